The second-order valence-electron chi connectivity index (χ2n) is 6.30. The molecule has 1 atom stereocenters. The number of anilines is 2. The molecule has 0 saturated heterocycles. The fourth-order valence-corrected chi connectivity index (χ4v) is 1.65. The number of hydrogen-bond acceptors (Lipinski definition) is 2. The zero-order chi connectivity index (χ0) is 16.9. The van der Waals surface area contributed by atoms with E-state index >= 15 is 0 Å². The van der Waals surface area contributed by atoms with Crippen LogP contribution in [-0.2, 0) is 4.79 Å². The molecule has 22 heavy (non-hydrogen) atoms. The first-order valence-electron chi connectivity index (χ1n) is 7.69. The minimum absolute atomic E-state index is 0.0484. The monoisotopic (exact) mass is 305 g/mol. The van der Waals surface area contributed by atoms with Crippen molar-refractivity contribution in [2.75, 3.05) is 10.6 Å². The largest absolute Gasteiger partial charge is 0.335 e. The molecule has 1 aromatic carbocycles. The highest BCUT2D eigenvalue weighted by Crippen LogP contribution is 2.21. The third-order valence-electron chi connectivity index (χ3n) is 3.64. The highest BCUT2D eigenvalue weighted by atomic mass is 16.2. The number of amides is 3. The van der Waals surface area contributed by atoms with Crippen LogP contribution < -0.4 is 16.0 Å². The van der Waals surface area contributed by atoms with Gasteiger partial charge >= 0.3 is 6.03 Å². The molecule has 0 aliphatic carbocycles. The summed E-state index contributed by atoms with van der Waals surface area (Å²) in [6.45, 7) is 11.7. The van der Waals surface area contributed by atoms with Crippen molar-refractivity contribution in [1.82, 2.24) is 5.32 Å². The van der Waals surface area contributed by atoms with Gasteiger partial charge in [0.15, 0.2) is 0 Å². The minimum atomic E-state index is -0.239. The lowest BCUT2D eigenvalue weighted by Crippen LogP contribution is -2.39. The first kappa shape index (κ1) is 18.0. The Bertz CT molecular complexity index is 539. The van der Waals surface area contributed by atoms with Gasteiger partial charge in [-0.2, -0.15) is 0 Å². The smallest absolute Gasteiger partial charge is 0.319 e. The zero-order valence-corrected chi connectivity index (χ0v) is 14.3. The topological polar surface area (TPSA) is 70.2 Å². The highest BCUT2D eigenvalue weighted by molar-refractivity contribution is 5.94. The van der Waals surface area contributed by atoms with Gasteiger partial charge in [-0.05, 0) is 37.5 Å². The molecular formula is C17H27N3O2. The summed E-state index contributed by atoms with van der Waals surface area (Å²) in [6, 6.07) is 5.32. The second-order valence-corrected chi connectivity index (χ2v) is 6.30. The molecule has 3 amide bonds. The molecule has 122 valence electrons. The molecule has 3 N–H and O–H groups in total. The van der Waals surface area contributed by atoms with Gasteiger partial charge in [-0.1, -0.05) is 33.8 Å². The Morgan fingerprint density at radius 2 is 1.64 bits per heavy atom. The minimum Gasteiger partial charge on any atom is -0.335 e. The van der Waals surface area contributed by atoms with Gasteiger partial charge in [0.25, 0.3) is 0 Å². The standard InChI is InChI=1S/C17H27N3O2/c1-10(2)13(6)18-17(22)20-15-9-14(8-7-12(15)5)19-16(21)11(3)4/h7-11,13H,1-6H3,(H,19,21)(H2,18,20,22). The van der Waals surface area contributed by atoms with Crippen molar-refractivity contribution in [3.63, 3.8) is 0 Å². The summed E-state index contributed by atoms with van der Waals surface area (Å²) >= 11 is 0. The van der Waals surface area contributed by atoms with Crippen LogP contribution >= 0.6 is 0 Å². The molecule has 0 bridgehead atoms. The Kier molecular flexibility index (Phi) is 6.40. The number of carbonyl (C=O) groups excluding carboxylic acids is 2. The average Bonchev–Trinajstić information content (AvgIpc) is 2.42. The summed E-state index contributed by atoms with van der Waals surface area (Å²) in [4.78, 5) is 23.8. The SMILES string of the molecule is Cc1ccc(NC(=O)C(C)C)cc1NC(=O)NC(C)C(C)C. The number of hydrogen-bond donors (Lipinski definition) is 3. The number of nitrogens with one attached hydrogen (secondary N) is 3. The Labute approximate surface area is 132 Å². The van der Waals surface area contributed by atoms with Crippen LogP contribution in [0.5, 0.6) is 0 Å². The summed E-state index contributed by atoms with van der Waals surface area (Å²) in [6.07, 6.45) is 0. The summed E-state index contributed by atoms with van der Waals surface area (Å²) < 4.78 is 0. The first-order chi connectivity index (χ1) is 10.2. The van der Waals surface area contributed by atoms with Crippen LogP contribution in [-0.4, -0.2) is 18.0 Å². The molecular weight excluding hydrogens is 278 g/mol. The summed E-state index contributed by atoms with van der Waals surface area (Å²) in [5, 5.41) is 8.56. The Balaban J connectivity index is 2.78. The molecule has 0 aliphatic rings. The number of benzene rings is 1. The number of urea groups is 1. The van der Waals surface area contributed by atoms with Gasteiger partial charge in [0.2, 0.25) is 5.91 Å². The molecule has 0 spiro atoms. The van der Waals surface area contributed by atoms with Gasteiger partial charge in [-0.15, -0.1) is 0 Å². The molecule has 5 heteroatoms. The van der Waals surface area contributed by atoms with Crippen molar-refractivity contribution < 1.29 is 9.59 Å². The van der Waals surface area contributed by atoms with E-state index in [1.165, 1.54) is 0 Å². The van der Waals surface area contributed by atoms with Crippen LogP contribution in [0.1, 0.15) is 40.2 Å². The van der Waals surface area contributed by atoms with E-state index in [1.807, 2.05) is 39.8 Å². The summed E-state index contributed by atoms with van der Waals surface area (Å²) in [5.74, 6) is 0.226. The molecule has 1 rings (SSSR count). The van der Waals surface area contributed by atoms with Crippen LogP contribution in [0, 0.1) is 18.8 Å². The first-order valence-corrected chi connectivity index (χ1v) is 7.69. The average molecular weight is 305 g/mol. The maximum absolute atomic E-state index is 12.0. The van der Waals surface area contributed by atoms with Crippen molar-refractivity contribution in [2.24, 2.45) is 11.8 Å². The van der Waals surface area contributed by atoms with E-state index < -0.39 is 0 Å². The predicted octanol–water partition coefficient (Wildman–Crippen LogP) is 3.76. The number of rotatable bonds is 5. The molecule has 0 radical (unpaired) electrons. The van der Waals surface area contributed by atoms with E-state index in [1.54, 1.807) is 6.07 Å². The van der Waals surface area contributed by atoms with Gasteiger partial charge in [0, 0.05) is 23.3 Å². The maximum atomic E-state index is 12.0. The predicted molar refractivity (Wildman–Crippen MR) is 91.1 cm³/mol. The van der Waals surface area contributed by atoms with Crippen LogP contribution in [0.3, 0.4) is 0 Å². The summed E-state index contributed by atoms with van der Waals surface area (Å²) in [7, 11) is 0. The van der Waals surface area contributed by atoms with Crippen LogP contribution in [0.2, 0.25) is 0 Å². The van der Waals surface area contributed by atoms with E-state index in [0.717, 1.165) is 5.56 Å². The normalized spacial score (nSPS) is 12.2. The Hall–Kier alpha value is -2.04. The van der Waals surface area contributed by atoms with Crippen molar-refractivity contribution in [3.8, 4) is 0 Å². The summed E-state index contributed by atoms with van der Waals surface area (Å²) in [5.41, 5.74) is 2.31. The van der Waals surface area contributed by atoms with Gasteiger partial charge in [0.05, 0.1) is 0 Å². The fourth-order valence-electron chi connectivity index (χ4n) is 1.65. The van der Waals surface area contributed by atoms with Gasteiger partial charge in [-0.3, -0.25) is 4.79 Å². The van der Waals surface area contributed by atoms with Crippen LogP contribution in [0.25, 0.3) is 0 Å². The number of carbonyl (C=O) groups is 2. The molecule has 0 aliphatic heterocycles. The van der Waals surface area contributed by atoms with Crippen molar-refractivity contribution in [1.29, 1.82) is 0 Å². The molecule has 0 saturated carbocycles. The molecule has 5 nitrogen and oxygen atoms in total. The quantitative estimate of drug-likeness (QED) is 0.775. The van der Waals surface area contributed by atoms with Gasteiger partial charge in [0.1, 0.15) is 0 Å². The lowest BCUT2D eigenvalue weighted by Gasteiger charge is -2.19. The van der Waals surface area contributed by atoms with E-state index in [9.17, 15) is 9.59 Å². The lowest BCUT2D eigenvalue weighted by atomic mass is 10.1. The zero-order valence-electron chi connectivity index (χ0n) is 14.3. The third kappa shape index (κ3) is 5.39. The second kappa shape index (κ2) is 7.82. The van der Waals surface area contributed by atoms with Gasteiger partial charge in [-0.25, -0.2) is 4.79 Å². The van der Waals surface area contributed by atoms with E-state index in [0.29, 0.717) is 17.3 Å². The van der Waals surface area contributed by atoms with E-state index in [-0.39, 0.29) is 23.9 Å². The van der Waals surface area contributed by atoms with Crippen molar-refractivity contribution in [3.05, 3.63) is 23.8 Å². The molecule has 0 heterocycles. The lowest BCUT2D eigenvalue weighted by molar-refractivity contribution is -0.118. The maximum Gasteiger partial charge on any atom is 0.319 e. The van der Waals surface area contributed by atoms with Crippen LogP contribution in [0.15, 0.2) is 18.2 Å². The van der Waals surface area contributed by atoms with E-state index in [2.05, 4.69) is 29.8 Å². The molecule has 0 aromatic heterocycles. The fraction of sp³-hybridized carbons (Fsp3) is 0.529. The van der Waals surface area contributed by atoms with Gasteiger partial charge < -0.3 is 16.0 Å². The molecule has 1 unspecified atom stereocenters. The highest BCUT2D eigenvalue weighted by Gasteiger charge is 2.13. The molecule has 1 aromatic rings. The molecule has 0 fully saturated rings. The van der Waals surface area contributed by atoms with Crippen molar-refractivity contribution >= 4 is 23.3 Å². The van der Waals surface area contributed by atoms with Crippen molar-refractivity contribution in [2.45, 2.75) is 47.6 Å². The Morgan fingerprint density at radius 1 is 1.00 bits per heavy atom. The third-order valence-corrected chi connectivity index (χ3v) is 3.64. The van der Waals surface area contributed by atoms with Crippen LogP contribution in [0.4, 0.5) is 16.2 Å². The van der Waals surface area contributed by atoms with E-state index in [4.69, 9.17) is 0 Å². The Morgan fingerprint density at radius 3 is 2.18 bits per heavy atom. The number of aryl methyl sites for hydroxylation is 1.